The third-order valence-electron chi connectivity index (χ3n) is 4.19. The predicted molar refractivity (Wildman–Crippen MR) is 120 cm³/mol. The van der Waals surface area contributed by atoms with E-state index >= 15 is 0 Å². The van der Waals surface area contributed by atoms with Crippen molar-refractivity contribution in [1.82, 2.24) is 5.32 Å². The average Bonchev–Trinajstić information content (AvgIpc) is 2.67. The first-order valence-corrected chi connectivity index (χ1v) is 10.4. The highest BCUT2D eigenvalue weighted by atomic mass is 35.5. The van der Waals surface area contributed by atoms with E-state index in [-0.39, 0.29) is 11.0 Å². The van der Waals surface area contributed by atoms with Crippen molar-refractivity contribution >= 4 is 40.5 Å². The summed E-state index contributed by atoms with van der Waals surface area (Å²) in [7, 11) is 0. The Morgan fingerprint density at radius 1 is 1.11 bits per heavy atom. The van der Waals surface area contributed by atoms with Crippen LogP contribution in [0.1, 0.15) is 44.6 Å². The second-order valence-electron chi connectivity index (χ2n) is 6.53. The Hall–Kier alpha value is -2.11. The molecule has 0 bridgehead atoms. The molecule has 6 heteroatoms. The average molecular weight is 419 g/mol. The summed E-state index contributed by atoms with van der Waals surface area (Å²) in [5, 5.41) is 6.67. The fourth-order valence-electron chi connectivity index (χ4n) is 2.68. The van der Waals surface area contributed by atoms with Crippen LogP contribution in [0.25, 0.3) is 0 Å². The number of amides is 1. The number of benzene rings is 2. The van der Waals surface area contributed by atoms with Crippen molar-refractivity contribution in [1.29, 1.82) is 0 Å². The zero-order valence-electron chi connectivity index (χ0n) is 16.2. The van der Waals surface area contributed by atoms with Gasteiger partial charge in [-0.05, 0) is 48.8 Å². The van der Waals surface area contributed by atoms with Gasteiger partial charge in [0.25, 0.3) is 0 Å². The normalized spacial score (nSPS) is 10.4. The first-order valence-electron chi connectivity index (χ1n) is 9.65. The summed E-state index contributed by atoms with van der Waals surface area (Å²) < 4.78 is 5.77. The fraction of sp³-hybridized carbons (Fsp3) is 0.364. The molecule has 2 rings (SSSR count). The number of rotatable bonds is 10. The Morgan fingerprint density at radius 3 is 2.71 bits per heavy atom. The lowest BCUT2D eigenvalue weighted by molar-refractivity contribution is -0.119. The van der Waals surface area contributed by atoms with Crippen molar-refractivity contribution in [3.8, 4) is 5.75 Å². The molecular weight excluding hydrogens is 392 g/mol. The Bertz CT molecular complexity index is 783. The molecule has 0 aliphatic carbocycles. The number of ether oxygens (including phenoxy) is 1. The minimum Gasteiger partial charge on any atom is -0.494 e. The van der Waals surface area contributed by atoms with Crippen LogP contribution in [0.3, 0.4) is 0 Å². The smallest absolute Gasteiger partial charge is 0.226 e. The van der Waals surface area contributed by atoms with Gasteiger partial charge in [0.15, 0.2) is 5.11 Å². The van der Waals surface area contributed by atoms with E-state index in [9.17, 15) is 4.79 Å². The summed E-state index contributed by atoms with van der Waals surface area (Å²) in [6, 6.07) is 15.1. The molecular formula is C22H27ClN2O2S. The number of nitrogens with one attached hydrogen (secondary N) is 2. The van der Waals surface area contributed by atoms with Gasteiger partial charge in [-0.25, -0.2) is 0 Å². The molecule has 2 aromatic carbocycles. The maximum absolute atomic E-state index is 12.1. The lowest BCUT2D eigenvalue weighted by Gasteiger charge is -2.12. The largest absolute Gasteiger partial charge is 0.494 e. The summed E-state index contributed by atoms with van der Waals surface area (Å²) >= 11 is 11.4. The maximum atomic E-state index is 12.1. The molecule has 0 saturated heterocycles. The highest BCUT2D eigenvalue weighted by Crippen LogP contribution is 2.18. The van der Waals surface area contributed by atoms with E-state index in [1.165, 1.54) is 19.3 Å². The van der Waals surface area contributed by atoms with E-state index in [0.29, 0.717) is 24.5 Å². The van der Waals surface area contributed by atoms with Crippen LogP contribution in [0, 0.1) is 0 Å². The van der Waals surface area contributed by atoms with Gasteiger partial charge in [0.1, 0.15) is 5.75 Å². The molecule has 2 aromatic rings. The molecule has 28 heavy (non-hydrogen) atoms. The molecule has 0 atom stereocenters. The highest BCUT2D eigenvalue weighted by Gasteiger charge is 2.07. The van der Waals surface area contributed by atoms with Crippen molar-refractivity contribution in [2.45, 2.75) is 45.4 Å². The Balaban J connectivity index is 1.75. The number of carbonyl (C=O) groups is 1. The number of halogens is 1. The number of thiocarbonyl (C=S) groups is 1. The number of hydrogen-bond donors (Lipinski definition) is 2. The highest BCUT2D eigenvalue weighted by molar-refractivity contribution is 7.80. The van der Waals surface area contributed by atoms with E-state index in [1.54, 1.807) is 0 Å². The van der Waals surface area contributed by atoms with Crippen LogP contribution >= 0.6 is 23.8 Å². The van der Waals surface area contributed by atoms with Gasteiger partial charge in [0.05, 0.1) is 6.61 Å². The molecule has 4 nitrogen and oxygen atoms in total. The van der Waals surface area contributed by atoms with E-state index < -0.39 is 0 Å². The molecule has 0 unspecified atom stereocenters. The second kappa shape index (κ2) is 12.4. The minimum absolute atomic E-state index is 0.152. The molecule has 0 radical (unpaired) electrons. The zero-order chi connectivity index (χ0) is 20.2. The van der Waals surface area contributed by atoms with Gasteiger partial charge in [-0.1, -0.05) is 62.1 Å². The maximum Gasteiger partial charge on any atom is 0.226 e. The third kappa shape index (κ3) is 8.28. The lowest BCUT2D eigenvalue weighted by atomic mass is 10.1. The van der Waals surface area contributed by atoms with Crippen molar-refractivity contribution < 1.29 is 9.53 Å². The monoisotopic (exact) mass is 418 g/mol. The standard InChI is InChI=1S/C22H27ClN2O2S/c1-2-3-4-7-15-27-19-11-8-10-18(16-19)24-22(28)25-21(26)14-13-17-9-5-6-12-20(17)23/h5-6,8-12,16H,2-4,7,13-15H2,1H3,(H2,24,25,26,28). The minimum atomic E-state index is -0.152. The number of hydrogen-bond acceptors (Lipinski definition) is 3. The second-order valence-corrected chi connectivity index (χ2v) is 7.35. The van der Waals surface area contributed by atoms with Crippen molar-refractivity contribution in [2.75, 3.05) is 11.9 Å². The summed E-state index contributed by atoms with van der Waals surface area (Å²) in [5.41, 5.74) is 1.73. The Morgan fingerprint density at radius 2 is 1.93 bits per heavy atom. The van der Waals surface area contributed by atoms with Crippen LogP contribution in [0.2, 0.25) is 5.02 Å². The van der Waals surface area contributed by atoms with Crippen LogP contribution in [0.4, 0.5) is 5.69 Å². The summed E-state index contributed by atoms with van der Waals surface area (Å²) in [5.74, 6) is 0.634. The van der Waals surface area contributed by atoms with E-state index in [0.717, 1.165) is 23.4 Å². The van der Waals surface area contributed by atoms with E-state index in [2.05, 4.69) is 17.6 Å². The lowest BCUT2D eigenvalue weighted by Crippen LogP contribution is -2.34. The molecule has 0 aliphatic rings. The molecule has 0 fully saturated rings. The summed E-state index contributed by atoms with van der Waals surface area (Å²) in [6.07, 6.45) is 5.54. The fourth-order valence-corrected chi connectivity index (χ4v) is 3.15. The molecule has 150 valence electrons. The number of carbonyl (C=O) groups excluding carboxylic acids is 1. The van der Waals surface area contributed by atoms with Crippen molar-refractivity contribution in [3.05, 3.63) is 59.1 Å². The molecule has 1 amide bonds. The summed E-state index contributed by atoms with van der Waals surface area (Å²) in [4.78, 5) is 12.1. The van der Waals surface area contributed by atoms with Crippen LogP contribution in [0.15, 0.2) is 48.5 Å². The number of aryl methyl sites for hydroxylation is 1. The Labute approximate surface area is 177 Å². The van der Waals surface area contributed by atoms with Gasteiger partial charge in [0.2, 0.25) is 5.91 Å². The Kier molecular flexibility index (Phi) is 9.80. The SMILES string of the molecule is CCCCCCOc1cccc(NC(=S)NC(=O)CCc2ccccc2Cl)c1. The molecule has 2 N–H and O–H groups in total. The summed E-state index contributed by atoms with van der Waals surface area (Å²) in [6.45, 7) is 2.89. The van der Waals surface area contributed by atoms with Gasteiger partial charge in [-0.15, -0.1) is 0 Å². The topological polar surface area (TPSA) is 50.4 Å². The van der Waals surface area contributed by atoms with E-state index in [1.807, 2.05) is 48.5 Å². The van der Waals surface area contributed by atoms with Gasteiger partial charge >= 0.3 is 0 Å². The van der Waals surface area contributed by atoms with Crippen molar-refractivity contribution in [3.63, 3.8) is 0 Å². The molecule has 0 spiro atoms. The quantitative estimate of drug-likeness (QED) is 0.381. The van der Waals surface area contributed by atoms with Crippen LogP contribution in [0.5, 0.6) is 5.75 Å². The number of unbranched alkanes of at least 4 members (excludes halogenated alkanes) is 3. The van der Waals surface area contributed by atoms with Gasteiger partial charge in [-0.3, -0.25) is 4.79 Å². The van der Waals surface area contributed by atoms with Crippen LogP contribution in [-0.2, 0) is 11.2 Å². The van der Waals surface area contributed by atoms with Gasteiger partial charge in [-0.2, -0.15) is 0 Å². The number of anilines is 1. The van der Waals surface area contributed by atoms with Crippen molar-refractivity contribution in [2.24, 2.45) is 0 Å². The van der Waals surface area contributed by atoms with Crippen LogP contribution < -0.4 is 15.4 Å². The van der Waals surface area contributed by atoms with Gasteiger partial charge in [0, 0.05) is 23.2 Å². The molecule has 0 heterocycles. The first-order chi connectivity index (χ1) is 13.6. The zero-order valence-corrected chi connectivity index (χ0v) is 17.7. The predicted octanol–water partition coefficient (Wildman–Crippen LogP) is 5.74. The van der Waals surface area contributed by atoms with Gasteiger partial charge < -0.3 is 15.4 Å². The molecule has 0 aliphatic heterocycles. The molecule has 0 aromatic heterocycles. The van der Waals surface area contributed by atoms with E-state index in [4.69, 9.17) is 28.6 Å². The van der Waals surface area contributed by atoms with Crippen LogP contribution in [-0.4, -0.2) is 17.6 Å². The molecule has 0 saturated carbocycles. The third-order valence-corrected chi connectivity index (χ3v) is 4.76. The first kappa shape index (κ1) is 22.2.